The lowest BCUT2D eigenvalue weighted by molar-refractivity contribution is 0.580. The Morgan fingerprint density at radius 2 is 2.14 bits per heavy atom. The highest BCUT2D eigenvalue weighted by molar-refractivity contribution is 5.77. The highest BCUT2D eigenvalue weighted by Gasteiger charge is 2.05. The van der Waals surface area contributed by atoms with Crippen LogP contribution in [0.2, 0.25) is 0 Å². The van der Waals surface area contributed by atoms with Crippen LogP contribution in [-0.4, -0.2) is 15.0 Å². The molecule has 0 aliphatic rings. The minimum absolute atomic E-state index is 0.777. The van der Waals surface area contributed by atoms with E-state index in [1.807, 2.05) is 18.2 Å². The molecule has 0 atom stereocenters. The second kappa shape index (κ2) is 2.70. The standard InChI is InChI=1S/C10H7N3O/c1-2-9(14-5-1)7-6-8-10(13-7)12-4-3-11-8/h1-6H,(H,12,13). The van der Waals surface area contributed by atoms with Crippen molar-refractivity contribution in [3.63, 3.8) is 0 Å². The molecule has 3 aromatic heterocycles. The van der Waals surface area contributed by atoms with Gasteiger partial charge in [0.05, 0.1) is 12.0 Å². The third kappa shape index (κ3) is 1.01. The van der Waals surface area contributed by atoms with E-state index in [1.54, 1.807) is 18.7 Å². The maximum Gasteiger partial charge on any atom is 0.156 e. The minimum atomic E-state index is 0.777. The molecule has 68 valence electrons. The molecule has 0 aliphatic carbocycles. The lowest BCUT2D eigenvalue weighted by Crippen LogP contribution is -1.76. The summed E-state index contributed by atoms with van der Waals surface area (Å²) in [5, 5.41) is 0. The number of nitrogens with one attached hydrogen (secondary N) is 1. The van der Waals surface area contributed by atoms with Crippen LogP contribution < -0.4 is 0 Å². The number of H-pyrrole nitrogens is 1. The number of rotatable bonds is 1. The van der Waals surface area contributed by atoms with E-state index < -0.39 is 0 Å². The van der Waals surface area contributed by atoms with Crippen LogP contribution in [0, 0.1) is 0 Å². The molecule has 0 spiro atoms. The van der Waals surface area contributed by atoms with Gasteiger partial charge in [-0.05, 0) is 18.2 Å². The molecular formula is C10H7N3O. The fourth-order valence-corrected chi connectivity index (χ4v) is 1.42. The molecule has 0 fully saturated rings. The summed E-state index contributed by atoms with van der Waals surface area (Å²) in [5.41, 5.74) is 2.52. The first-order chi connectivity index (χ1) is 6.93. The van der Waals surface area contributed by atoms with Gasteiger partial charge in [0.1, 0.15) is 11.3 Å². The quantitative estimate of drug-likeness (QED) is 0.632. The zero-order valence-corrected chi connectivity index (χ0v) is 7.27. The first-order valence-electron chi connectivity index (χ1n) is 4.27. The van der Waals surface area contributed by atoms with E-state index in [-0.39, 0.29) is 0 Å². The molecule has 4 heteroatoms. The average molecular weight is 185 g/mol. The summed E-state index contributed by atoms with van der Waals surface area (Å²) in [6, 6.07) is 5.66. The summed E-state index contributed by atoms with van der Waals surface area (Å²) < 4.78 is 5.26. The zero-order chi connectivity index (χ0) is 9.38. The fraction of sp³-hybridized carbons (Fsp3) is 0. The molecule has 3 rings (SSSR count). The minimum Gasteiger partial charge on any atom is -0.463 e. The van der Waals surface area contributed by atoms with Gasteiger partial charge in [-0.3, -0.25) is 4.98 Å². The maximum atomic E-state index is 5.26. The van der Waals surface area contributed by atoms with Gasteiger partial charge in [-0.2, -0.15) is 0 Å². The van der Waals surface area contributed by atoms with Crippen LogP contribution in [0.5, 0.6) is 0 Å². The normalized spacial score (nSPS) is 10.9. The fourth-order valence-electron chi connectivity index (χ4n) is 1.42. The summed E-state index contributed by atoms with van der Waals surface area (Å²) in [6.07, 6.45) is 4.97. The SMILES string of the molecule is c1coc(-c2cc3nccnc3[nH]2)c1. The van der Waals surface area contributed by atoms with Gasteiger partial charge in [0.25, 0.3) is 0 Å². The topological polar surface area (TPSA) is 54.7 Å². The van der Waals surface area contributed by atoms with Crippen molar-refractivity contribution in [1.82, 2.24) is 15.0 Å². The Balaban J connectivity index is 2.24. The van der Waals surface area contributed by atoms with Crippen LogP contribution in [0.3, 0.4) is 0 Å². The highest BCUT2D eigenvalue weighted by atomic mass is 16.3. The monoisotopic (exact) mass is 185 g/mol. The first kappa shape index (κ1) is 7.32. The van der Waals surface area contributed by atoms with Gasteiger partial charge in [-0.25, -0.2) is 4.98 Å². The summed E-state index contributed by atoms with van der Waals surface area (Å²) in [6.45, 7) is 0. The van der Waals surface area contributed by atoms with Crippen LogP contribution in [0.1, 0.15) is 0 Å². The smallest absolute Gasteiger partial charge is 0.156 e. The predicted octanol–water partition coefficient (Wildman–Crippen LogP) is 2.22. The molecule has 3 aromatic rings. The van der Waals surface area contributed by atoms with E-state index in [4.69, 9.17) is 4.42 Å². The largest absolute Gasteiger partial charge is 0.463 e. The number of fused-ring (bicyclic) bond motifs is 1. The Morgan fingerprint density at radius 1 is 1.21 bits per heavy atom. The Bertz CT molecular complexity index is 521. The van der Waals surface area contributed by atoms with Crippen molar-refractivity contribution in [3.8, 4) is 11.5 Å². The van der Waals surface area contributed by atoms with Crippen LogP contribution in [0.25, 0.3) is 22.6 Å². The summed E-state index contributed by atoms with van der Waals surface area (Å²) in [4.78, 5) is 11.5. The lowest BCUT2D eigenvalue weighted by Gasteiger charge is -1.87. The third-order valence-corrected chi connectivity index (χ3v) is 2.05. The van der Waals surface area contributed by atoms with Crippen molar-refractivity contribution in [3.05, 3.63) is 36.9 Å². The van der Waals surface area contributed by atoms with Gasteiger partial charge >= 0.3 is 0 Å². The molecule has 0 aromatic carbocycles. The van der Waals surface area contributed by atoms with Gasteiger partial charge in [-0.1, -0.05) is 0 Å². The average Bonchev–Trinajstić information content (AvgIpc) is 2.86. The first-order valence-corrected chi connectivity index (χ1v) is 4.27. The van der Waals surface area contributed by atoms with Crippen molar-refractivity contribution in [1.29, 1.82) is 0 Å². The molecule has 0 saturated heterocycles. The molecule has 0 aliphatic heterocycles. The Morgan fingerprint density at radius 3 is 2.93 bits per heavy atom. The van der Waals surface area contributed by atoms with E-state index in [0.29, 0.717) is 0 Å². The van der Waals surface area contributed by atoms with Crippen LogP contribution in [-0.2, 0) is 0 Å². The molecular weight excluding hydrogens is 178 g/mol. The molecule has 14 heavy (non-hydrogen) atoms. The molecule has 0 amide bonds. The van der Waals surface area contributed by atoms with Gasteiger partial charge < -0.3 is 9.40 Å². The number of hydrogen-bond acceptors (Lipinski definition) is 3. The van der Waals surface area contributed by atoms with Crippen molar-refractivity contribution >= 4 is 11.2 Å². The van der Waals surface area contributed by atoms with Crippen LogP contribution in [0.15, 0.2) is 41.3 Å². The van der Waals surface area contributed by atoms with E-state index >= 15 is 0 Å². The second-order valence-corrected chi connectivity index (χ2v) is 2.95. The number of furan rings is 1. The number of nitrogens with zero attached hydrogens (tertiary/aromatic N) is 2. The summed E-state index contributed by atoms with van der Waals surface area (Å²) >= 11 is 0. The third-order valence-electron chi connectivity index (χ3n) is 2.05. The summed E-state index contributed by atoms with van der Waals surface area (Å²) in [7, 11) is 0. The Hall–Kier alpha value is -2.10. The lowest BCUT2D eigenvalue weighted by atomic mass is 10.3. The zero-order valence-electron chi connectivity index (χ0n) is 7.27. The molecule has 4 nitrogen and oxygen atoms in total. The van der Waals surface area contributed by atoms with Gasteiger partial charge in [-0.15, -0.1) is 0 Å². The number of aromatic amines is 1. The molecule has 0 saturated carbocycles. The van der Waals surface area contributed by atoms with E-state index in [0.717, 1.165) is 22.6 Å². The maximum absolute atomic E-state index is 5.26. The van der Waals surface area contributed by atoms with Crippen molar-refractivity contribution < 1.29 is 4.42 Å². The summed E-state index contributed by atoms with van der Waals surface area (Å²) in [5.74, 6) is 0.796. The molecule has 1 N–H and O–H groups in total. The van der Waals surface area contributed by atoms with E-state index in [2.05, 4.69) is 15.0 Å². The molecule has 3 heterocycles. The van der Waals surface area contributed by atoms with Crippen LogP contribution in [0.4, 0.5) is 0 Å². The molecule has 0 unspecified atom stereocenters. The van der Waals surface area contributed by atoms with Crippen molar-refractivity contribution in [2.45, 2.75) is 0 Å². The highest BCUT2D eigenvalue weighted by Crippen LogP contribution is 2.21. The second-order valence-electron chi connectivity index (χ2n) is 2.95. The molecule has 0 bridgehead atoms. The van der Waals surface area contributed by atoms with Crippen molar-refractivity contribution in [2.75, 3.05) is 0 Å². The van der Waals surface area contributed by atoms with Gasteiger partial charge in [0.15, 0.2) is 5.65 Å². The number of hydrogen-bond donors (Lipinski definition) is 1. The van der Waals surface area contributed by atoms with Gasteiger partial charge in [0.2, 0.25) is 0 Å². The Labute approximate surface area is 79.6 Å². The van der Waals surface area contributed by atoms with Crippen LogP contribution >= 0.6 is 0 Å². The predicted molar refractivity (Wildman–Crippen MR) is 51.6 cm³/mol. The number of aromatic nitrogens is 3. The van der Waals surface area contributed by atoms with Gasteiger partial charge in [0, 0.05) is 12.4 Å². The van der Waals surface area contributed by atoms with Crippen molar-refractivity contribution in [2.24, 2.45) is 0 Å². The van der Waals surface area contributed by atoms with E-state index in [1.165, 1.54) is 0 Å². The Kier molecular flexibility index (Phi) is 1.41. The molecule has 0 radical (unpaired) electrons. The van der Waals surface area contributed by atoms with E-state index in [9.17, 15) is 0 Å².